The monoisotopic (exact) mass is 318 g/mol. The van der Waals surface area contributed by atoms with Gasteiger partial charge in [-0.25, -0.2) is 0 Å². The van der Waals surface area contributed by atoms with Gasteiger partial charge < -0.3 is 10.1 Å². The second-order valence-electron chi connectivity index (χ2n) is 6.81. The van der Waals surface area contributed by atoms with Crippen molar-refractivity contribution in [2.45, 2.75) is 49.9 Å². The Morgan fingerprint density at radius 2 is 2.14 bits per heavy atom. The van der Waals surface area contributed by atoms with E-state index in [-0.39, 0.29) is 0 Å². The molecular formula is C18H26N2OS. The molecule has 3 nitrogen and oxygen atoms in total. The van der Waals surface area contributed by atoms with Crippen molar-refractivity contribution >= 4 is 11.8 Å². The van der Waals surface area contributed by atoms with Crippen LogP contribution in [0.25, 0.3) is 0 Å². The Kier molecular flexibility index (Phi) is 4.34. The Morgan fingerprint density at radius 1 is 1.23 bits per heavy atom. The molecule has 2 aliphatic heterocycles. The summed E-state index contributed by atoms with van der Waals surface area (Å²) < 4.78 is 5.45. The molecule has 0 unspecified atom stereocenters. The van der Waals surface area contributed by atoms with Crippen LogP contribution in [0.5, 0.6) is 5.75 Å². The van der Waals surface area contributed by atoms with Gasteiger partial charge in [-0.3, -0.25) is 4.90 Å². The Bertz CT molecular complexity index is 514. The van der Waals surface area contributed by atoms with Crippen molar-refractivity contribution in [1.29, 1.82) is 0 Å². The fraction of sp³-hybridized carbons (Fsp3) is 0.667. The maximum atomic E-state index is 5.45. The minimum Gasteiger partial charge on any atom is -0.497 e. The molecule has 0 aromatic heterocycles. The van der Waals surface area contributed by atoms with Crippen LogP contribution in [-0.2, 0) is 0 Å². The van der Waals surface area contributed by atoms with Crippen LogP contribution < -0.4 is 10.1 Å². The maximum absolute atomic E-state index is 5.45. The number of methoxy groups -OCH3 is 1. The van der Waals surface area contributed by atoms with Crippen LogP contribution in [0.4, 0.5) is 0 Å². The molecule has 0 spiro atoms. The number of rotatable bonds is 5. The van der Waals surface area contributed by atoms with Gasteiger partial charge in [-0.1, -0.05) is 12.1 Å². The first kappa shape index (κ1) is 14.9. The molecule has 0 radical (unpaired) electrons. The van der Waals surface area contributed by atoms with E-state index in [1.54, 1.807) is 7.11 Å². The number of nitrogens with one attached hydrogen (secondary N) is 1. The summed E-state index contributed by atoms with van der Waals surface area (Å²) in [6, 6.07) is 11.4. The first-order valence-electron chi connectivity index (χ1n) is 8.58. The molecule has 1 aromatic carbocycles. The van der Waals surface area contributed by atoms with Crippen LogP contribution >= 0.6 is 11.8 Å². The van der Waals surface area contributed by atoms with Gasteiger partial charge in [-0.05, 0) is 49.1 Å². The fourth-order valence-corrected chi connectivity index (χ4v) is 5.19. The summed E-state index contributed by atoms with van der Waals surface area (Å²) in [6.45, 7) is 1.24. The van der Waals surface area contributed by atoms with Gasteiger partial charge >= 0.3 is 0 Å². The summed E-state index contributed by atoms with van der Waals surface area (Å²) in [4.78, 5) is 2.74. The third-order valence-electron chi connectivity index (χ3n) is 5.27. The zero-order chi connectivity index (χ0) is 14.9. The third-order valence-corrected chi connectivity index (χ3v) is 6.43. The van der Waals surface area contributed by atoms with Crippen LogP contribution in [0.2, 0.25) is 0 Å². The molecule has 1 saturated carbocycles. The van der Waals surface area contributed by atoms with Crippen molar-refractivity contribution in [1.82, 2.24) is 10.2 Å². The Balaban J connectivity index is 1.57. The number of ether oxygens (including phenoxy) is 1. The van der Waals surface area contributed by atoms with E-state index >= 15 is 0 Å². The van der Waals surface area contributed by atoms with E-state index in [9.17, 15) is 0 Å². The number of hydrogen-bond acceptors (Lipinski definition) is 4. The highest BCUT2D eigenvalue weighted by Gasteiger charge is 2.43. The number of likely N-dealkylation sites (tertiary alicyclic amines) is 1. The Morgan fingerprint density at radius 3 is 2.86 bits per heavy atom. The lowest BCUT2D eigenvalue weighted by Gasteiger charge is -2.31. The molecule has 1 N–H and O–H groups in total. The summed E-state index contributed by atoms with van der Waals surface area (Å²) in [7, 11) is 1.76. The topological polar surface area (TPSA) is 24.5 Å². The predicted octanol–water partition coefficient (Wildman–Crippen LogP) is 3.07. The summed E-state index contributed by atoms with van der Waals surface area (Å²) in [6.07, 6.45) is 5.37. The van der Waals surface area contributed by atoms with Gasteiger partial charge in [0.25, 0.3) is 0 Å². The van der Waals surface area contributed by atoms with Crippen molar-refractivity contribution in [3.8, 4) is 5.75 Å². The highest BCUT2D eigenvalue weighted by molar-refractivity contribution is 7.99. The van der Waals surface area contributed by atoms with E-state index in [4.69, 9.17) is 4.74 Å². The Labute approximate surface area is 137 Å². The summed E-state index contributed by atoms with van der Waals surface area (Å²) >= 11 is 2.09. The van der Waals surface area contributed by atoms with Gasteiger partial charge in [0.05, 0.1) is 13.2 Å². The summed E-state index contributed by atoms with van der Waals surface area (Å²) in [5.74, 6) is 3.58. The van der Waals surface area contributed by atoms with Crippen LogP contribution in [0.3, 0.4) is 0 Å². The lowest BCUT2D eigenvalue weighted by atomic mass is 9.98. The normalized spacial score (nSPS) is 32.5. The molecule has 4 heteroatoms. The molecule has 0 bridgehead atoms. The summed E-state index contributed by atoms with van der Waals surface area (Å²) in [5.41, 5.74) is 1.42. The van der Waals surface area contributed by atoms with E-state index < -0.39 is 0 Å². The SMILES string of the molecule is COc1cccc([C@@H]2[C@H](N[C@H]3CCSC3)CCN2C2CC2)c1. The molecule has 2 saturated heterocycles. The van der Waals surface area contributed by atoms with Gasteiger partial charge in [0.2, 0.25) is 0 Å². The second-order valence-corrected chi connectivity index (χ2v) is 7.96. The minimum absolute atomic E-state index is 0.521. The van der Waals surface area contributed by atoms with Gasteiger partial charge in [-0.2, -0.15) is 11.8 Å². The number of benzene rings is 1. The average Bonchev–Trinajstić information content (AvgIpc) is 3.11. The van der Waals surface area contributed by atoms with E-state index in [1.807, 2.05) is 0 Å². The number of hydrogen-bond donors (Lipinski definition) is 1. The largest absolute Gasteiger partial charge is 0.497 e. The fourth-order valence-electron chi connectivity index (χ4n) is 4.02. The van der Waals surface area contributed by atoms with Crippen LogP contribution in [0.15, 0.2) is 24.3 Å². The summed E-state index contributed by atoms with van der Waals surface area (Å²) in [5, 5.41) is 3.97. The van der Waals surface area contributed by atoms with Gasteiger partial charge in [0, 0.05) is 30.4 Å². The molecule has 2 heterocycles. The smallest absolute Gasteiger partial charge is 0.119 e. The van der Waals surface area contributed by atoms with E-state index in [0.717, 1.165) is 11.8 Å². The predicted molar refractivity (Wildman–Crippen MR) is 92.7 cm³/mol. The standard InChI is InChI=1S/C18H26N2OS/c1-21-16-4-2-3-13(11-16)18-17(19-14-8-10-22-12-14)7-9-20(18)15-5-6-15/h2-4,11,14-15,17-19H,5-10,12H2,1H3/t14-,17+,18+/m0/s1. The second kappa shape index (κ2) is 6.42. The zero-order valence-electron chi connectivity index (χ0n) is 13.3. The molecule has 1 aliphatic carbocycles. The molecule has 3 atom stereocenters. The van der Waals surface area contributed by atoms with Crippen LogP contribution in [0.1, 0.15) is 37.3 Å². The van der Waals surface area contributed by atoms with Crippen molar-refractivity contribution in [3.63, 3.8) is 0 Å². The van der Waals surface area contributed by atoms with Crippen molar-refractivity contribution in [2.75, 3.05) is 25.2 Å². The molecular weight excluding hydrogens is 292 g/mol. The van der Waals surface area contributed by atoms with Crippen LogP contribution in [-0.4, -0.2) is 48.2 Å². The first-order valence-corrected chi connectivity index (χ1v) is 9.74. The Hall–Kier alpha value is -0.710. The van der Waals surface area contributed by atoms with E-state index in [1.165, 1.54) is 49.3 Å². The van der Waals surface area contributed by atoms with Gasteiger partial charge in [0.15, 0.2) is 0 Å². The number of nitrogens with zero attached hydrogens (tertiary/aromatic N) is 1. The lowest BCUT2D eigenvalue weighted by Crippen LogP contribution is -2.42. The molecule has 120 valence electrons. The lowest BCUT2D eigenvalue weighted by molar-refractivity contribution is 0.222. The van der Waals surface area contributed by atoms with Gasteiger partial charge in [0.1, 0.15) is 5.75 Å². The van der Waals surface area contributed by atoms with Crippen molar-refractivity contribution in [3.05, 3.63) is 29.8 Å². The molecule has 4 rings (SSSR count). The molecule has 3 aliphatic rings. The maximum Gasteiger partial charge on any atom is 0.119 e. The molecule has 0 amide bonds. The molecule has 22 heavy (non-hydrogen) atoms. The third kappa shape index (κ3) is 3.01. The minimum atomic E-state index is 0.521. The van der Waals surface area contributed by atoms with Crippen molar-refractivity contribution in [2.24, 2.45) is 0 Å². The quantitative estimate of drug-likeness (QED) is 0.902. The molecule has 1 aromatic rings. The van der Waals surface area contributed by atoms with E-state index in [2.05, 4.69) is 46.2 Å². The molecule has 3 fully saturated rings. The highest BCUT2D eigenvalue weighted by Crippen LogP contribution is 2.42. The number of thioether (sulfide) groups is 1. The van der Waals surface area contributed by atoms with E-state index in [0.29, 0.717) is 18.1 Å². The van der Waals surface area contributed by atoms with Crippen LogP contribution in [0, 0.1) is 0 Å². The van der Waals surface area contributed by atoms with Crippen molar-refractivity contribution < 1.29 is 4.74 Å². The average molecular weight is 318 g/mol. The first-order chi connectivity index (χ1) is 10.8. The van der Waals surface area contributed by atoms with Gasteiger partial charge in [-0.15, -0.1) is 0 Å². The highest BCUT2D eigenvalue weighted by atomic mass is 32.2. The zero-order valence-corrected chi connectivity index (χ0v) is 14.1.